The lowest BCUT2D eigenvalue weighted by atomic mass is 9.73. The minimum atomic E-state index is -0.298. The fourth-order valence-electron chi connectivity index (χ4n) is 2.02. The summed E-state index contributed by atoms with van der Waals surface area (Å²) >= 11 is 0. The van der Waals surface area contributed by atoms with Crippen molar-refractivity contribution in [2.24, 2.45) is 5.73 Å². The number of hydrogen-bond donors (Lipinski definition) is 2. The molecule has 1 aliphatic heterocycles. The van der Waals surface area contributed by atoms with E-state index in [1.807, 2.05) is 24.3 Å². The van der Waals surface area contributed by atoms with E-state index in [1.54, 1.807) is 7.11 Å². The van der Waals surface area contributed by atoms with E-state index in [1.165, 1.54) is 0 Å². The molecule has 1 unspecified atom stereocenters. The minimum Gasteiger partial charge on any atom is -0.497 e. The van der Waals surface area contributed by atoms with Gasteiger partial charge < -0.3 is 20.3 Å². The van der Waals surface area contributed by atoms with Gasteiger partial charge in [-0.05, 0) is 17.7 Å². The Kier molecular flexibility index (Phi) is 3.14. The first-order valence-corrected chi connectivity index (χ1v) is 5.31. The lowest BCUT2D eigenvalue weighted by Crippen LogP contribution is -2.60. The van der Waals surface area contributed by atoms with Crippen molar-refractivity contribution in [2.75, 3.05) is 26.9 Å². The van der Waals surface area contributed by atoms with Gasteiger partial charge in [0.2, 0.25) is 0 Å². The fourth-order valence-corrected chi connectivity index (χ4v) is 2.02. The molecule has 0 radical (unpaired) electrons. The maximum atomic E-state index is 9.21. The van der Waals surface area contributed by atoms with Gasteiger partial charge in [0.1, 0.15) is 5.75 Å². The summed E-state index contributed by atoms with van der Waals surface area (Å²) in [5.41, 5.74) is 6.77. The van der Waals surface area contributed by atoms with Crippen molar-refractivity contribution < 1.29 is 14.6 Å². The van der Waals surface area contributed by atoms with Crippen LogP contribution in [-0.4, -0.2) is 38.1 Å². The molecule has 0 saturated carbocycles. The third-order valence-electron chi connectivity index (χ3n) is 3.27. The van der Waals surface area contributed by atoms with Crippen LogP contribution in [0.5, 0.6) is 5.75 Å². The molecule has 1 aromatic carbocycles. The number of rotatable bonds is 4. The van der Waals surface area contributed by atoms with Crippen molar-refractivity contribution in [2.45, 2.75) is 11.5 Å². The highest BCUT2D eigenvalue weighted by Crippen LogP contribution is 2.36. The number of hydrogen-bond acceptors (Lipinski definition) is 4. The van der Waals surface area contributed by atoms with Gasteiger partial charge in [-0.3, -0.25) is 0 Å². The molecule has 2 rings (SSSR count). The van der Waals surface area contributed by atoms with Crippen LogP contribution in [0.2, 0.25) is 0 Å². The summed E-state index contributed by atoms with van der Waals surface area (Å²) in [4.78, 5) is 0. The molecular formula is C12H17NO3. The van der Waals surface area contributed by atoms with Gasteiger partial charge in [-0.25, -0.2) is 0 Å². The van der Waals surface area contributed by atoms with E-state index < -0.39 is 0 Å². The topological polar surface area (TPSA) is 64.7 Å². The smallest absolute Gasteiger partial charge is 0.119 e. The number of aliphatic hydroxyl groups is 1. The van der Waals surface area contributed by atoms with Crippen LogP contribution in [0.25, 0.3) is 0 Å². The molecule has 0 bridgehead atoms. The van der Waals surface area contributed by atoms with Crippen LogP contribution in [0.15, 0.2) is 24.3 Å². The number of ether oxygens (including phenoxy) is 2. The molecule has 0 aliphatic carbocycles. The summed E-state index contributed by atoms with van der Waals surface area (Å²) < 4.78 is 10.4. The number of methoxy groups -OCH3 is 1. The lowest BCUT2D eigenvalue weighted by Gasteiger charge is -2.45. The van der Waals surface area contributed by atoms with Crippen LogP contribution in [0.3, 0.4) is 0 Å². The van der Waals surface area contributed by atoms with Gasteiger partial charge in [0, 0.05) is 6.04 Å². The summed E-state index contributed by atoms with van der Waals surface area (Å²) in [5.74, 6) is 0.800. The second kappa shape index (κ2) is 4.41. The molecule has 0 aromatic heterocycles. The third kappa shape index (κ3) is 1.69. The van der Waals surface area contributed by atoms with Gasteiger partial charge in [-0.15, -0.1) is 0 Å². The number of nitrogens with two attached hydrogens (primary N) is 1. The Hall–Kier alpha value is -1.10. The number of aliphatic hydroxyl groups excluding tert-OH is 1. The van der Waals surface area contributed by atoms with Gasteiger partial charge in [-0.2, -0.15) is 0 Å². The van der Waals surface area contributed by atoms with E-state index in [4.69, 9.17) is 15.2 Å². The Bertz CT molecular complexity index is 363. The van der Waals surface area contributed by atoms with Gasteiger partial charge in [0.25, 0.3) is 0 Å². The van der Waals surface area contributed by atoms with Crippen LogP contribution in [0.1, 0.15) is 5.56 Å². The molecule has 4 heteroatoms. The molecule has 1 atom stereocenters. The van der Waals surface area contributed by atoms with E-state index in [0.717, 1.165) is 11.3 Å². The second-order valence-corrected chi connectivity index (χ2v) is 4.17. The quantitative estimate of drug-likeness (QED) is 0.769. The second-order valence-electron chi connectivity index (χ2n) is 4.17. The summed E-state index contributed by atoms with van der Waals surface area (Å²) in [6.45, 7) is 1.07. The lowest BCUT2D eigenvalue weighted by molar-refractivity contribution is -0.0798. The molecule has 1 fully saturated rings. The van der Waals surface area contributed by atoms with Crippen molar-refractivity contribution in [3.05, 3.63) is 29.8 Å². The summed E-state index contributed by atoms with van der Waals surface area (Å²) in [5, 5.41) is 9.21. The Morgan fingerprint density at radius 1 is 1.56 bits per heavy atom. The van der Waals surface area contributed by atoms with E-state index in [0.29, 0.717) is 13.2 Å². The molecule has 0 spiro atoms. The predicted molar refractivity (Wildman–Crippen MR) is 60.6 cm³/mol. The zero-order valence-corrected chi connectivity index (χ0v) is 9.35. The van der Waals surface area contributed by atoms with Crippen molar-refractivity contribution in [1.82, 2.24) is 0 Å². The predicted octanol–water partition coefficient (Wildman–Crippen LogP) is 0.283. The molecular weight excluding hydrogens is 206 g/mol. The average molecular weight is 223 g/mol. The first-order valence-electron chi connectivity index (χ1n) is 5.31. The molecule has 1 aromatic rings. The highest BCUT2D eigenvalue weighted by Gasteiger charge is 2.45. The summed E-state index contributed by atoms with van der Waals surface area (Å²) in [6.07, 6.45) is 0. The average Bonchev–Trinajstić information content (AvgIpc) is 2.27. The van der Waals surface area contributed by atoms with E-state index >= 15 is 0 Å². The molecule has 0 amide bonds. The number of benzene rings is 1. The third-order valence-corrected chi connectivity index (χ3v) is 3.27. The summed E-state index contributed by atoms with van der Waals surface area (Å²) in [7, 11) is 1.63. The van der Waals surface area contributed by atoms with Crippen LogP contribution < -0.4 is 10.5 Å². The Morgan fingerprint density at radius 3 is 2.81 bits per heavy atom. The van der Waals surface area contributed by atoms with Crippen LogP contribution >= 0.6 is 0 Å². The molecule has 4 nitrogen and oxygen atoms in total. The highest BCUT2D eigenvalue weighted by atomic mass is 16.5. The first kappa shape index (κ1) is 11.4. The van der Waals surface area contributed by atoms with Crippen LogP contribution in [-0.2, 0) is 10.2 Å². The van der Waals surface area contributed by atoms with Crippen molar-refractivity contribution in [3.8, 4) is 5.75 Å². The van der Waals surface area contributed by atoms with Gasteiger partial charge in [-0.1, -0.05) is 12.1 Å². The van der Waals surface area contributed by atoms with Gasteiger partial charge >= 0.3 is 0 Å². The zero-order valence-electron chi connectivity index (χ0n) is 9.35. The first-order chi connectivity index (χ1) is 7.73. The maximum Gasteiger partial charge on any atom is 0.119 e. The standard InChI is InChI=1S/C12H17NO3/c1-15-10-4-2-3-9(5-10)12(7-16-8-12)11(13)6-14/h2-5,11,14H,6-8,13H2,1H3. The molecule has 1 saturated heterocycles. The molecule has 1 aliphatic rings. The largest absolute Gasteiger partial charge is 0.497 e. The normalized spacial score (nSPS) is 19.9. The zero-order chi connectivity index (χ0) is 11.6. The van der Waals surface area contributed by atoms with Gasteiger partial charge in [0.05, 0.1) is 32.3 Å². The highest BCUT2D eigenvalue weighted by molar-refractivity contribution is 5.37. The van der Waals surface area contributed by atoms with Crippen molar-refractivity contribution in [3.63, 3.8) is 0 Å². The maximum absolute atomic E-state index is 9.21. The minimum absolute atomic E-state index is 0.0411. The van der Waals surface area contributed by atoms with E-state index in [2.05, 4.69) is 0 Å². The monoisotopic (exact) mass is 223 g/mol. The van der Waals surface area contributed by atoms with Crippen LogP contribution in [0, 0.1) is 0 Å². The summed E-state index contributed by atoms with van der Waals surface area (Å²) in [6, 6.07) is 7.48. The van der Waals surface area contributed by atoms with E-state index in [-0.39, 0.29) is 18.1 Å². The van der Waals surface area contributed by atoms with Crippen molar-refractivity contribution >= 4 is 0 Å². The molecule has 1 heterocycles. The Balaban J connectivity index is 2.32. The Labute approximate surface area is 95.0 Å². The van der Waals surface area contributed by atoms with E-state index in [9.17, 15) is 5.11 Å². The van der Waals surface area contributed by atoms with Crippen molar-refractivity contribution in [1.29, 1.82) is 0 Å². The van der Waals surface area contributed by atoms with Crippen LogP contribution in [0.4, 0.5) is 0 Å². The molecule has 16 heavy (non-hydrogen) atoms. The Morgan fingerprint density at radius 2 is 2.31 bits per heavy atom. The van der Waals surface area contributed by atoms with Gasteiger partial charge in [0.15, 0.2) is 0 Å². The molecule has 3 N–H and O–H groups in total. The molecule has 88 valence electrons. The fraction of sp³-hybridized carbons (Fsp3) is 0.500. The SMILES string of the molecule is COc1cccc(C2(C(N)CO)COC2)c1.